The van der Waals surface area contributed by atoms with Crippen molar-refractivity contribution in [2.24, 2.45) is 5.92 Å². The van der Waals surface area contributed by atoms with Crippen LogP contribution in [0.5, 0.6) is 11.5 Å². The Labute approximate surface area is 107 Å². The number of rotatable bonds is 3. The van der Waals surface area contributed by atoms with Gasteiger partial charge in [-0.3, -0.25) is 4.79 Å². The Morgan fingerprint density at radius 1 is 1.56 bits per heavy atom. The molecule has 0 aromatic heterocycles. The predicted octanol–water partition coefficient (Wildman–Crippen LogP) is 2.67. The van der Waals surface area contributed by atoms with Gasteiger partial charge in [0.2, 0.25) is 0 Å². The van der Waals surface area contributed by atoms with Crippen molar-refractivity contribution in [3.05, 3.63) is 23.8 Å². The molecule has 1 heterocycles. The van der Waals surface area contributed by atoms with Crippen LogP contribution in [0.15, 0.2) is 18.2 Å². The molecule has 98 valence electrons. The van der Waals surface area contributed by atoms with E-state index in [2.05, 4.69) is 0 Å². The van der Waals surface area contributed by atoms with Crippen molar-refractivity contribution in [3.8, 4) is 11.5 Å². The molecule has 0 aliphatic carbocycles. The van der Waals surface area contributed by atoms with Crippen molar-refractivity contribution < 1.29 is 19.4 Å². The Bertz CT molecular complexity index is 441. The van der Waals surface area contributed by atoms with Crippen LogP contribution in [0.2, 0.25) is 0 Å². The Morgan fingerprint density at radius 3 is 3.00 bits per heavy atom. The van der Waals surface area contributed by atoms with Gasteiger partial charge in [-0.05, 0) is 18.9 Å². The van der Waals surface area contributed by atoms with E-state index in [0.717, 1.165) is 18.4 Å². The zero-order valence-electron chi connectivity index (χ0n) is 10.7. The van der Waals surface area contributed by atoms with Gasteiger partial charge < -0.3 is 14.6 Å². The van der Waals surface area contributed by atoms with Gasteiger partial charge in [0, 0.05) is 11.5 Å². The third-order valence-corrected chi connectivity index (χ3v) is 3.53. The van der Waals surface area contributed by atoms with Gasteiger partial charge in [-0.25, -0.2) is 0 Å². The molecule has 1 aliphatic heterocycles. The maximum Gasteiger partial charge on any atom is 0.306 e. The van der Waals surface area contributed by atoms with E-state index in [1.165, 1.54) is 0 Å². The van der Waals surface area contributed by atoms with Gasteiger partial charge in [-0.15, -0.1) is 0 Å². The van der Waals surface area contributed by atoms with E-state index in [1.807, 2.05) is 18.2 Å². The molecule has 2 rings (SSSR count). The third-order valence-electron chi connectivity index (χ3n) is 3.53. The summed E-state index contributed by atoms with van der Waals surface area (Å²) in [5, 5.41) is 9.21. The third kappa shape index (κ3) is 2.28. The van der Waals surface area contributed by atoms with Crippen molar-refractivity contribution in [2.45, 2.75) is 25.7 Å². The molecule has 1 aromatic rings. The summed E-state index contributed by atoms with van der Waals surface area (Å²) in [7, 11) is 1.60. The number of methoxy groups -OCH3 is 1. The largest absolute Gasteiger partial charge is 0.493 e. The standard InChI is InChI=1S/C14H18O4/c1-9(14(15)16)10-6-4-8-18-13-11(10)5-3-7-12(13)17-2/h3,5,7,9-10H,4,6,8H2,1-2H3,(H,15,16). The summed E-state index contributed by atoms with van der Waals surface area (Å²) in [4.78, 5) is 11.2. The number of hydrogen-bond donors (Lipinski definition) is 1. The molecule has 0 saturated carbocycles. The molecule has 0 fully saturated rings. The van der Waals surface area contributed by atoms with Gasteiger partial charge in [-0.2, -0.15) is 0 Å². The van der Waals surface area contributed by atoms with E-state index >= 15 is 0 Å². The fourth-order valence-electron chi connectivity index (χ4n) is 2.46. The highest BCUT2D eigenvalue weighted by Crippen LogP contribution is 2.42. The number of para-hydroxylation sites is 1. The highest BCUT2D eigenvalue weighted by Gasteiger charge is 2.30. The smallest absolute Gasteiger partial charge is 0.306 e. The number of carboxylic acid groups (broad SMARTS) is 1. The van der Waals surface area contributed by atoms with Crippen molar-refractivity contribution in [2.75, 3.05) is 13.7 Å². The second-order valence-electron chi connectivity index (χ2n) is 4.60. The Kier molecular flexibility index (Phi) is 3.75. The summed E-state index contributed by atoms with van der Waals surface area (Å²) < 4.78 is 11.0. The number of benzene rings is 1. The van der Waals surface area contributed by atoms with Gasteiger partial charge in [0.25, 0.3) is 0 Å². The molecule has 1 aliphatic rings. The monoisotopic (exact) mass is 250 g/mol. The summed E-state index contributed by atoms with van der Waals surface area (Å²) in [6.07, 6.45) is 1.69. The molecule has 0 saturated heterocycles. The highest BCUT2D eigenvalue weighted by atomic mass is 16.5. The van der Waals surface area contributed by atoms with Crippen LogP contribution in [0, 0.1) is 5.92 Å². The maximum absolute atomic E-state index is 11.2. The summed E-state index contributed by atoms with van der Waals surface area (Å²) in [5.41, 5.74) is 0.946. The van der Waals surface area contributed by atoms with Gasteiger partial charge in [0.05, 0.1) is 19.6 Å². The maximum atomic E-state index is 11.2. The van der Waals surface area contributed by atoms with Gasteiger partial charge in [-0.1, -0.05) is 19.1 Å². The molecule has 1 N–H and O–H groups in total. The molecule has 0 bridgehead atoms. The normalized spacial score (nSPS) is 20.2. The number of hydrogen-bond acceptors (Lipinski definition) is 3. The lowest BCUT2D eigenvalue weighted by Gasteiger charge is -2.21. The topological polar surface area (TPSA) is 55.8 Å². The first-order chi connectivity index (χ1) is 8.65. The zero-order valence-corrected chi connectivity index (χ0v) is 10.7. The van der Waals surface area contributed by atoms with Crippen LogP contribution >= 0.6 is 0 Å². The summed E-state index contributed by atoms with van der Waals surface area (Å²) >= 11 is 0. The second-order valence-corrected chi connectivity index (χ2v) is 4.60. The van der Waals surface area contributed by atoms with Crippen molar-refractivity contribution >= 4 is 5.97 Å². The van der Waals surface area contributed by atoms with Crippen LogP contribution in [0.4, 0.5) is 0 Å². The zero-order chi connectivity index (χ0) is 13.1. The molecule has 4 heteroatoms. The van der Waals surface area contributed by atoms with Crippen molar-refractivity contribution in [3.63, 3.8) is 0 Å². The van der Waals surface area contributed by atoms with E-state index in [4.69, 9.17) is 9.47 Å². The number of ether oxygens (including phenoxy) is 2. The van der Waals surface area contributed by atoms with Gasteiger partial charge in [0.1, 0.15) is 0 Å². The average molecular weight is 250 g/mol. The number of carbonyl (C=O) groups is 1. The summed E-state index contributed by atoms with van der Waals surface area (Å²) in [5.74, 6) is 0.177. The fraction of sp³-hybridized carbons (Fsp3) is 0.500. The average Bonchev–Trinajstić information content (AvgIpc) is 2.59. The first kappa shape index (κ1) is 12.7. The van der Waals surface area contributed by atoms with Crippen LogP contribution in [0.1, 0.15) is 31.2 Å². The lowest BCUT2D eigenvalue weighted by molar-refractivity contribution is -0.141. The van der Waals surface area contributed by atoms with E-state index in [1.54, 1.807) is 14.0 Å². The number of carboxylic acids is 1. The SMILES string of the molecule is COc1cccc2c1OCCCC2C(C)C(=O)O. The molecule has 2 unspecified atom stereocenters. The lowest BCUT2D eigenvalue weighted by Crippen LogP contribution is -2.18. The van der Waals surface area contributed by atoms with E-state index in [0.29, 0.717) is 18.1 Å². The minimum atomic E-state index is -0.768. The fourth-order valence-corrected chi connectivity index (χ4v) is 2.46. The van der Waals surface area contributed by atoms with Crippen LogP contribution in [0.25, 0.3) is 0 Å². The van der Waals surface area contributed by atoms with Crippen LogP contribution in [-0.2, 0) is 4.79 Å². The molecular weight excluding hydrogens is 232 g/mol. The second kappa shape index (κ2) is 5.29. The van der Waals surface area contributed by atoms with Gasteiger partial charge >= 0.3 is 5.97 Å². The lowest BCUT2D eigenvalue weighted by atomic mass is 9.83. The van der Waals surface area contributed by atoms with Gasteiger partial charge in [0.15, 0.2) is 11.5 Å². The van der Waals surface area contributed by atoms with Crippen LogP contribution in [0.3, 0.4) is 0 Å². The van der Waals surface area contributed by atoms with Crippen LogP contribution in [-0.4, -0.2) is 24.8 Å². The van der Waals surface area contributed by atoms with Crippen molar-refractivity contribution in [1.82, 2.24) is 0 Å². The first-order valence-corrected chi connectivity index (χ1v) is 6.17. The Morgan fingerprint density at radius 2 is 2.33 bits per heavy atom. The highest BCUT2D eigenvalue weighted by molar-refractivity contribution is 5.71. The first-order valence-electron chi connectivity index (χ1n) is 6.17. The quantitative estimate of drug-likeness (QED) is 0.896. The molecule has 2 atom stereocenters. The number of fused-ring (bicyclic) bond motifs is 1. The Balaban J connectivity index is 2.44. The van der Waals surface area contributed by atoms with Crippen molar-refractivity contribution in [1.29, 1.82) is 0 Å². The molecule has 0 amide bonds. The number of aliphatic carboxylic acids is 1. The molecular formula is C14H18O4. The Hall–Kier alpha value is -1.71. The van der Waals surface area contributed by atoms with E-state index in [-0.39, 0.29) is 5.92 Å². The summed E-state index contributed by atoms with van der Waals surface area (Å²) in [6, 6.07) is 5.66. The van der Waals surface area contributed by atoms with E-state index in [9.17, 15) is 9.90 Å². The van der Waals surface area contributed by atoms with Crippen LogP contribution < -0.4 is 9.47 Å². The molecule has 0 radical (unpaired) electrons. The molecule has 4 nitrogen and oxygen atoms in total. The van der Waals surface area contributed by atoms with E-state index < -0.39 is 11.9 Å². The molecule has 18 heavy (non-hydrogen) atoms. The molecule has 1 aromatic carbocycles. The minimum Gasteiger partial charge on any atom is -0.493 e. The summed E-state index contributed by atoms with van der Waals surface area (Å²) in [6.45, 7) is 2.36. The molecule has 0 spiro atoms. The minimum absolute atomic E-state index is 0.0184. The predicted molar refractivity (Wildman–Crippen MR) is 67.3 cm³/mol.